The summed E-state index contributed by atoms with van der Waals surface area (Å²) >= 11 is 0. The number of nitrogens with zero attached hydrogens (tertiary/aromatic N) is 1. The molecule has 0 aromatic rings. The first-order valence-electron chi connectivity index (χ1n) is 4.87. The summed E-state index contributed by atoms with van der Waals surface area (Å²) in [6, 6.07) is 1.34. The molecule has 3 nitrogen and oxygen atoms in total. The van der Waals surface area contributed by atoms with Crippen molar-refractivity contribution in [3.8, 4) is 0 Å². The molecular formula is C9H18N2O. The van der Waals surface area contributed by atoms with Crippen molar-refractivity contribution >= 4 is 0 Å². The summed E-state index contributed by atoms with van der Waals surface area (Å²) in [6.07, 6.45) is 2.49. The molecule has 2 heterocycles. The van der Waals surface area contributed by atoms with Crippen LogP contribution in [-0.2, 0) is 4.74 Å². The van der Waals surface area contributed by atoms with Crippen LogP contribution in [0.5, 0.6) is 0 Å². The number of nitrogens with one attached hydrogen (secondary N) is 1. The number of likely N-dealkylation sites (tertiary alicyclic amines) is 1. The minimum absolute atomic E-state index is 0.626. The molecule has 2 atom stereocenters. The van der Waals surface area contributed by atoms with E-state index in [4.69, 9.17) is 4.74 Å². The Morgan fingerprint density at radius 1 is 1.33 bits per heavy atom. The molecule has 2 aliphatic heterocycles. The zero-order valence-electron chi connectivity index (χ0n) is 7.75. The van der Waals surface area contributed by atoms with Crippen LogP contribution in [0, 0.1) is 0 Å². The van der Waals surface area contributed by atoms with Gasteiger partial charge in [0.2, 0.25) is 0 Å². The molecule has 0 bridgehead atoms. The van der Waals surface area contributed by atoms with Gasteiger partial charge in [0, 0.05) is 25.2 Å². The lowest BCUT2D eigenvalue weighted by Gasteiger charge is -2.17. The van der Waals surface area contributed by atoms with Gasteiger partial charge in [-0.2, -0.15) is 0 Å². The lowest BCUT2D eigenvalue weighted by atomic mass is 10.2. The van der Waals surface area contributed by atoms with Crippen LogP contribution in [0.15, 0.2) is 0 Å². The second kappa shape index (κ2) is 3.73. The van der Waals surface area contributed by atoms with Crippen LogP contribution >= 0.6 is 0 Å². The SMILES string of the molecule is CN1CC[C@@H](N[C@H]2CCOC2)C1. The van der Waals surface area contributed by atoms with Gasteiger partial charge < -0.3 is 15.0 Å². The van der Waals surface area contributed by atoms with E-state index in [0.29, 0.717) is 12.1 Å². The predicted octanol–water partition coefficient (Wildman–Crippen LogP) is 0.0690. The Morgan fingerprint density at radius 3 is 2.83 bits per heavy atom. The van der Waals surface area contributed by atoms with E-state index in [-0.39, 0.29) is 0 Å². The van der Waals surface area contributed by atoms with Gasteiger partial charge in [-0.15, -0.1) is 0 Å². The van der Waals surface area contributed by atoms with Crippen molar-refractivity contribution in [1.82, 2.24) is 10.2 Å². The molecule has 0 spiro atoms. The molecule has 2 fully saturated rings. The van der Waals surface area contributed by atoms with Crippen molar-refractivity contribution in [2.75, 3.05) is 33.4 Å². The molecule has 2 rings (SSSR count). The van der Waals surface area contributed by atoms with E-state index in [1.807, 2.05) is 0 Å². The van der Waals surface area contributed by atoms with Gasteiger partial charge in [-0.25, -0.2) is 0 Å². The van der Waals surface area contributed by atoms with Gasteiger partial charge in [-0.3, -0.25) is 0 Å². The van der Waals surface area contributed by atoms with Gasteiger partial charge >= 0.3 is 0 Å². The molecule has 0 aromatic carbocycles. The summed E-state index contributed by atoms with van der Waals surface area (Å²) in [6.45, 7) is 4.31. The van der Waals surface area contributed by atoms with Crippen LogP contribution in [-0.4, -0.2) is 50.3 Å². The summed E-state index contributed by atoms with van der Waals surface area (Å²) in [5.41, 5.74) is 0. The zero-order chi connectivity index (χ0) is 8.39. The molecule has 0 aromatic heterocycles. The fraction of sp³-hybridized carbons (Fsp3) is 1.00. The van der Waals surface area contributed by atoms with Crippen LogP contribution in [0.2, 0.25) is 0 Å². The van der Waals surface area contributed by atoms with E-state index in [9.17, 15) is 0 Å². The van der Waals surface area contributed by atoms with Crippen LogP contribution in [0.3, 0.4) is 0 Å². The fourth-order valence-corrected chi connectivity index (χ4v) is 2.07. The van der Waals surface area contributed by atoms with Crippen molar-refractivity contribution < 1.29 is 4.74 Å². The lowest BCUT2D eigenvalue weighted by Crippen LogP contribution is -2.39. The summed E-state index contributed by atoms with van der Waals surface area (Å²) < 4.78 is 5.32. The molecule has 70 valence electrons. The quantitative estimate of drug-likeness (QED) is 0.634. The molecule has 0 aliphatic carbocycles. The molecule has 0 amide bonds. The number of likely N-dealkylation sites (N-methyl/N-ethyl adjacent to an activating group) is 1. The highest BCUT2D eigenvalue weighted by atomic mass is 16.5. The Bertz CT molecular complexity index is 145. The number of rotatable bonds is 2. The number of ether oxygens (including phenoxy) is 1. The van der Waals surface area contributed by atoms with E-state index in [1.165, 1.54) is 25.9 Å². The summed E-state index contributed by atoms with van der Waals surface area (Å²) in [7, 11) is 2.19. The van der Waals surface area contributed by atoms with Crippen LogP contribution in [0.4, 0.5) is 0 Å². The van der Waals surface area contributed by atoms with E-state index in [0.717, 1.165) is 13.2 Å². The van der Waals surface area contributed by atoms with Crippen molar-refractivity contribution in [2.24, 2.45) is 0 Å². The smallest absolute Gasteiger partial charge is 0.0620 e. The molecule has 3 heteroatoms. The Labute approximate surface area is 74.1 Å². The first-order chi connectivity index (χ1) is 5.84. The average molecular weight is 170 g/mol. The predicted molar refractivity (Wildman–Crippen MR) is 48.3 cm³/mol. The maximum atomic E-state index is 5.32. The van der Waals surface area contributed by atoms with E-state index in [2.05, 4.69) is 17.3 Å². The van der Waals surface area contributed by atoms with Gasteiger partial charge in [0.15, 0.2) is 0 Å². The molecule has 2 saturated heterocycles. The van der Waals surface area contributed by atoms with E-state index >= 15 is 0 Å². The average Bonchev–Trinajstić information content (AvgIpc) is 2.63. The fourth-order valence-electron chi connectivity index (χ4n) is 2.07. The minimum atomic E-state index is 0.626. The van der Waals surface area contributed by atoms with Gasteiger partial charge in [0.25, 0.3) is 0 Å². The highest BCUT2D eigenvalue weighted by Gasteiger charge is 2.24. The van der Waals surface area contributed by atoms with Crippen molar-refractivity contribution in [1.29, 1.82) is 0 Å². The van der Waals surface area contributed by atoms with Gasteiger partial charge in [-0.1, -0.05) is 0 Å². The maximum absolute atomic E-state index is 5.32. The Balaban J connectivity index is 1.72. The zero-order valence-corrected chi connectivity index (χ0v) is 7.75. The monoisotopic (exact) mass is 170 g/mol. The van der Waals surface area contributed by atoms with Crippen LogP contribution in [0.1, 0.15) is 12.8 Å². The standard InChI is InChI=1S/C9H18N2O/c1-11-4-2-8(6-11)10-9-3-5-12-7-9/h8-10H,2-7H2,1H3/t8-,9+/m1/s1. The Morgan fingerprint density at radius 2 is 2.25 bits per heavy atom. The molecule has 0 radical (unpaired) electrons. The van der Waals surface area contributed by atoms with Gasteiger partial charge in [0.05, 0.1) is 6.61 Å². The van der Waals surface area contributed by atoms with Gasteiger partial charge in [0.1, 0.15) is 0 Å². The van der Waals surface area contributed by atoms with Gasteiger partial charge in [-0.05, 0) is 26.4 Å². The topological polar surface area (TPSA) is 24.5 Å². The largest absolute Gasteiger partial charge is 0.380 e. The number of hydrogen-bond acceptors (Lipinski definition) is 3. The molecule has 0 unspecified atom stereocenters. The summed E-state index contributed by atoms with van der Waals surface area (Å²) in [4.78, 5) is 2.38. The molecule has 12 heavy (non-hydrogen) atoms. The highest BCUT2D eigenvalue weighted by molar-refractivity contribution is 4.83. The lowest BCUT2D eigenvalue weighted by molar-refractivity contribution is 0.188. The van der Waals surface area contributed by atoms with E-state index in [1.54, 1.807) is 0 Å². The third-order valence-electron chi connectivity index (χ3n) is 2.79. The molecule has 0 saturated carbocycles. The van der Waals surface area contributed by atoms with Crippen LogP contribution < -0.4 is 5.32 Å². The molecule has 2 aliphatic rings. The normalized spacial score (nSPS) is 37.8. The maximum Gasteiger partial charge on any atom is 0.0620 e. The Kier molecular flexibility index (Phi) is 2.63. The minimum Gasteiger partial charge on any atom is -0.380 e. The molecule has 1 N–H and O–H groups in total. The second-order valence-electron chi connectivity index (χ2n) is 3.98. The first kappa shape index (κ1) is 8.48. The number of hydrogen-bond donors (Lipinski definition) is 1. The first-order valence-corrected chi connectivity index (χ1v) is 4.87. The summed E-state index contributed by atoms with van der Waals surface area (Å²) in [5, 5.41) is 3.64. The highest BCUT2D eigenvalue weighted by Crippen LogP contribution is 2.10. The van der Waals surface area contributed by atoms with Crippen molar-refractivity contribution in [2.45, 2.75) is 24.9 Å². The molecular weight excluding hydrogens is 152 g/mol. The van der Waals surface area contributed by atoms with Crippen molar-refractivity contribution in [3.63, 3.8) is 0 Å². The Hall–Kier alpha value is -0.120. The third-order valence-corrected chi connectivity index (χ3v) is 2.79. The second-order valence-corrected chi connectivity index (χ2v) is 3.98. The summed E-state index contributed by atoms with van der Waals surface area (Å²) in [5.74, 6) is 0. The third kappa shape index (κ3) is 1.97. The van der Waals surface area contributed by atoms with Crippen molar-refractivity contribution in [3.05, 3.63) is 0 Å². The van der Waals surface area contributed by atoms with E-state index < -0.39 is 0 Å². The van der Waals surface area contributed by atoms with Crippen LogP contribution in [0.25, 0.3) is 0 Å².